The SMILES string of the molecule is O=C(c1cccnc1)N1CC[C@H]2OCCC[C@@]2(COCC2CCC2)C1. The van der Waals surface area contributed by atoms with Crippen LogP contribution in [0.4, 0.5) is 0 Å². The minimum Gasteiger partial charge on any atom is -0.380 e. The molecule has 0 N–H and O–H groups in total. The summed E-state index contributed by atoms with van der Waals surface area (Å²) in [5, 5.41) is 0. The summed E-state index contributed by atoms with van der Waals surface area (Å²) in [4.78, 5) is 18.9. The van der Waals surface area contributed by atoms with Gasteiger partial charge in [-0.15, -0.1) is 0 Å². The van der Waals surface area contributed by atoms with Crippen molar-refractivity contribution in [2.24, 2.45) is 11.3 Å². The van der Waals surface area contributed by atoms with E-state index in [9.17, 15) is 4.79 Å². The van der Waals surface area contributed by atoms with Crippen LogP contribution in [0.3, 0.4) is 0 Å². The summed E-state index contributed by atoms with van der Waals surface area (Å²) in [5.41, 5.74) is 0.626. The average Bonchev–Trinajstić information content (AvgIpc) is 2.63. The van der Waals surface area contributed by atoms with E-state index in [1.54, 1.807) is 12.4 Å². The molecule has 0 unspecified atom stereocenters. The first-order valence-electron chi connectivity index (χ1n) is 9.65. The number of hydrogen-bond acceptors (Lipinski definition) is 4. The molecule has 4 rings (SSSR count). The Morgan fingerprint density at radius 3 is 3.04 bits per heavy atom. The Balaban J connectivity index is 1.44. The molecule has 2 atom stereocenters. The molecule has 1 aromatic heterocycles. The van der Waals surface area contributed by atoms with Crippen LogP contribution in [0, 0.1) is 11.3 Å². The van der Waals surface area contributed by atoms with Crippen LogP contribution in [0.15, 0.2) is 24.5 Å². The number of aromatic nitrogens is 1. The van der Waals surface area contributed by atoms with E-state index in [1.165, 1.54) is 19.3 Å². The Kier molecular flexibility index (Phi) is 5.04. The normalized spacial score (nSPS) is 29.8. The fraction of sp³-hybridized carbons (Fsp3) is 0.700. The molecule has 3 aliphatic rings. The zero-order valence-corrected chi connectivity index (χ0v) is 14.9. The molecule has 5 heteroatoms. The standard InChI is InChI=1S/C20H28N2O3/c23-19(17-6-2-9-21-12-17)22-10-7-18-20(14-22,8-3-11-25-18)15-24-13-16-4-1-5-16/h2,6,9,12,16,18H,1,3-5,7-8,10-11,13-15H2/t18-,20+/m1/s1. The van der Waals surface area contributed by atoms with Crippen LogP contribution in [0.1, 0.15) is 48.9 Å². The van der Waals surface area contributed by atoms with Crippen LogP contribution in [-0.4, -0.2) is 54.8 Å². The van der Waals surface area contributed by atoms with Gasteiger partial charge >= 0.3 is 0 Å². The molecular weight excluding hydrogens is 316 g/mol. The van der Waals surface area contributed by atoms with E-state index in [0.29, 0.717) is 12.2 Å². The third-order valence-corrected chi connectivity index (χ3v) is 6.15. The lowest BCUT2D eigenvalue weighted by Crippen LogP contribution is -2.58. The molecule has 0 aromatic carbocycles. The summed E-state index contributed by atoms with van der Waals surface area (Å²) in [6.45, 7) is 3.90. The number of rotatable bonds is 5. The van der Waals surface area contributed by atoms with Gasteiger partial charge in [-0.05, 0) is 50.2 Å². The van der Waals surface area contributed by atoms with Gasteiger partial charge in [0.15, 0.2) is 0 Å². The van der Waals surface area contributed by atoms with Gasteiger partial charge in [0.25, 0.3) is 5.91 Å². The number of fused-ring (bicyclic) bond motifs is 1. The van der Waals surface area contributed by atoms with Crippen LogP contribution in [0.5, 0.6) is 0 Å². The number of likely N-dealkylation sites (tertiary alicyclic amines) is 1. The molecule has 0 spiro atoms. The largest absolute Gasteiger partial charge is 0.380 e. The van der Waals surface area contributed by atoms with Crippen LogP contribution >= 0.6 is 0 Å². The molecule has 1 aromatic rings. The van der Waals surface area contributed by atoms with Crippen LogP contribution in [0.25, 0.3) is 0 Å². The number of ether oxygens (including phenoxy) is 2. The van der Waals surface area contributed by atoms with Crippen molar-refractivity contribution in [1.29, 1.82) is 0 Å². The lowest BCUT2D eigenvalue weighted by molar-refractivity contribution is -0.150. The lowest BCUT2D eigenvalue weighted by Gasteiger charge is -2.50. The highest BCUT2D eigenvalue weighted by molar-refractivity contribution is 5.94. The van der Waals surface area contributed by atoms with E-state index >= 15 is 0 Å². The number of carbonyl (C=O) groups is 1. The maximum atomic E-state index is 12.9. The molecule has 1 aliphatic carbocycles. The van der Waals surface area contributed by atoms with Crippen molar-refractivity contribution in [1.82, 2.24) is 9.88 Å². The highest BCUT2D eigenvalue weighted by Gasteiger charge is 2.47. The maximum absolute atomic E-state index is 12.9. The van der Waals surface area contributed by atoms with Gasteiger partial charge in [-0.25, -0.2) is 0 Å². The van der Waals surface area contributed by atoms with Crippen LogP contribution < -0.4 is 0 Å². The summed E-state index contributed by atoms with van der Waals surface area (Å²) < 4.78 is 12.2. The van der Waals surface area contributed by atoms with Crippen molar-refractivity contribution >= 4 is 5.91 Å². The second-order valence-corrected chi connectivity index (χ2v) is 7.89. The van der Waals surface area contributed by atoms with Gasteiger partial charge in [0, 0.05) is 44.1 Å². The van der Waals surface area contributed by atoms with Gasteiger partial charge in [-0.3, -0.25) is 9.78 Å². The first-order chi connectivity index (χ1) is 12.3. The molecule has 0 bridgehead atoms. The highest BCUT2D eigenvalue weighted by atomic mass is 16.5. The smallest absolute Gasteiger partial charge is 0.255 e. The first kappa shape index (κ1) is 17.0. The summed E-state index contributed by atoms with van der Waals surface area (Å²) >= 11 is 0. The second kappa shape index (κ2) is 7.42. The Hall–Kier alpha value is -1.46. The molecule has 25 heavy (non-hydrogen) atoms. The van der Waals surface area contributed by atoms with Gasteiger partial charge in [-0.2, -0.15) is 0 Å². The molecule has 3 fully saturated rings. The van der Waals surface area contributed by atoms with Gasteiger partial charge in [-0.1, -0.05) is 6.42 Å². The molecule has 136 valence electrons. The number of amides is 1. The number of hydrogen-bond donors (Lipinski definition) is 0. The molecule has 1 amide bonds. The number of piperidine rings is 1. The summed E-state index contributed by atoms with van der Waals surface area (Å²) in [7, 11) is 0. The van der Waals surface area contributed by atoms with E-state index in [4.69, 9.17) is 9.47 Å². The van der Waals surface area contributed by atoms with Gasteiger partial charge in [0.2, 0.25) is 0 Å². The predicted molar refractivity (Wildman–Crippen MR) is 94.3 cm³/mol. The fourth-order valence-electron chi connectivity index (χ4n) is 4.43. The Morgan fingerprint density at radius 2 is 2.28 bits per heavy atom. The summed E-state index contributed by atoms with van der Waals surface area (Å²) in [6.07, 6.45) is 10.6. The van der Waals surface area contributed by atoms with Crippen molar-refractivity contribution in [3.8, 4) is 0 Å². The Bertz CT molecular complexity index is 590. The minimum absolute atomic E-state index is 0.0435. The number of nitrogens with zero attached hydrogens (tertiary/aromatic N) is 2. The van der Waals surface area contributed by atoms with Gasteiger partial charge in [0.05, 0.1) is 18.3 Å². The quantitative estimate of drug-likeness (QED) is 0.824. The minimum atomic E-state index is -0.0435. The van der Waals surface area contributed by atoms with E-state index in [1.807, 2.05) is 17.0 Å². The van der Waals surface area contributed by atoms with Crippen molar-refractivity contribution in [3.63, 3.8) is 0 Å². The van der Waals surface area contributed by atoms with Crippen molar-refractivity contribution < 1.29 is 14.3 Å². The van der Waals surface area contributed by atoms with Crippen LogP contribution in [-0.2, 0) is 9.47 Å². The van der Waals surface area contributed by atoms with Crippen LogP contribution in [0.2, 0.25) is 0 Å². The Morgan fingerprint density at radius 1 is 1.36 bits per heavy atom. The molecule has 3 heterocycles. The van der Waals surface area contributed by atoms with Gasteiger partial charge < -0.3 is 14.4 Å². The fourth-order valence-corrected chi connectivity index (χ4v) is 4.43. The zero-order valence-electron chi connectivity index (χ0n) is 14.9. The number of carbonyl (C=O) groups excluding carboxylic acids is 1. The van der Waals surface area contributed by atoms with E-state index in [0.717, 1.165) is 51.5 Å². The second-order valence-electron chi connectivity index (χ2n) is 7.89. The van der Waals surface area contributed by atoms with E-state index in [2.05, 4.69) is 4.98 Å². The van der Waals surface area contributed by atoms with E-state index < -0.39 is 0 Å². The topological polar surface area (TPSA) is 51.7 Å². The lowest BCUT2D eigenvalue weighted by atomic mass is 9.73. The maximum Gasteiger partial charge on any atom is 0.255 e. The zero-order chi connectivity index (χ0) is 17.1. The molecule has 5 nitrogen and oxygen atoms in total. The predicted octanol–water partition coefficient (Wildman–Crippen LogP) is 2.91. The third kappa shape index (κ3) is 3.58. The average molecular weight is 344 g/mol. The Labute approximate surface area is 149 Å². The highest BCUT2D eigenvalue weighted by Crippen LogP contribution is 2.41. The monoisotopic (exact) mass is 344 g/mol. The number of pyridine rings is 1. The summed E-state index contributed by atoms with van der Waals surface area (Å²) in [6, 6.07) is 3.67. The van der Waals surface area contributed by atoms with E-state index in [-0.39, 0.29) is 17.4 Å². The first-order valence-corrected chi connectivity index (χ1v) is 9.65. The third-order valence-electron chi connectivity index (χ3n) is 6.15. The molecule has 0 radical (unpaired) electrons. The van der Waals surface area contributed by atoms with Crippen molar-refractivity contribution in [2.75, 3.05) is 32.9 Å². The summed E-state index contributed by atoms with van der Waals surface area (Å²) in [5.74, 6) is 0.826. The molecule has 2 aliphatic heterocycles. The molecular formula is C20H28N2O3. The van der Waals surface area contributed by atoms with Crippen molar-refractivity contribution in [2.45, 2.75) is 44.6 Å². The van der Waals surface area contributed by atoms with Gasteiger partial charge in [0.1, 0.15) is 0 Å². The van der Waals surface area contributed by atoms with Crippen molar-refractivity contribution in [3.05, 3.63) is 30.1 Å². The molecule has 1 saturated carbocycles. The molecule has 2 saturated heterocycles.